The lowest BCUT2D eigenvalue weighted by Gasteiger charge is -2.24. The fourth-order valence-electron chi connectivity index (χ4n) is 3.54. The topological polar surface area (TPSA) is 94.6 Å². The highest BCUT2D eigenvalue weighted by molar-refractivity contribution is 5.92. The van der Waals surface area contributed by atoms with Gasteiger partial charge in [-0.05, 0) is 31.5 Å². The minimum absolute atomic E-state index is 0.0696. The van der Waals surface area contributed by atoms with Crippen LogP contribution >= 0.6 is 0 Å². The van der Waals surface area contributed by atoms with Crippen LogP contribution in [0.15, 0.2) is 47.4 Å². The zero-order chi connectivity index (χ0) is 20.1. The second-order valence-corrected chi connectivity index (χ2v) is 6.98. The molecule has 1 aromatic heterocycles. The number of amides is 1. The van der Waals surface area contributed by atoms with Gasteiger partial charge in [0.15, 0.2) is 11.5 Å². The first-order valence-corrected chi connectivity index (χ1v) is 9.44. The molecule has 0 saturated carbocycles. The minimum Gasteiger partial charge on any atom is -0.451 e. The van der Waals surface area contributed by atoms with Gasteiger partial charge < -0.3 is 19.9 Å². The van der Waals surface area contributed by atoms with E-state index in [9.17, 15) is 14.4 Å². The molecule has 3 rings (SSSR count). The maximum absolute atomic E-state index is 12.5. The largest absolute Gasteiger partial charge is 0.451 e. The smallest absolute Gasteiger partial charge is 0.303 e. The van der Waals surface area contributed by atoms with Crippen LogP contribution in [-0.4, -0.2) is 41.0 Å². The molecule has 0 aliphatic carbocycles. The third-order valence-corrected chi connectivity index (χ3v) is 4.94. The molecule has 2 aromatic rings. The van der Waals surface area contributed by atoms with Crippen molar-refractivity contribution in [2.75, 3.05) is 19.6 Å². The van der Waals surface area contributed by atoms with Crippen molar-refractivity contribution in [3.05, 3.63) is 69.6 Å². The first-order chi connectivity index (χ1) is 13.5. The van der Waals surface area contributed by atoms with Crippen molar-refractivity contribution in [3.8, 4) is 0 Å². The van der Waals surface area contributed by atoms with E-state index in [-0.39, 0.29) is 5.56 Å². The summed E-state index contributed by atoms with van der Waals surface area (Å²) in [6.07, 6.45) is 3.08. The quantitative estimate of drug-likeness (QED) is 0.735. The highest BCUT2D eigenvalue weighted by Gasteiger charge is 2.23. The Bertz CT molecular complexity index is 902. The van der Waals surface area contributed by atoms with E-state index in [0.29, 0.717) is 12.2 Å². The number of carbonyl (C=O) groups is 2. The van der Waals surface area contributed by atoms with Gasteiger partial charge in [-0.3, -0.25) is 14.4 Å². The number of pyridine rings is 1. The Morgan fingerprint density at radius 3 is 2.43 bits per heavy atom. The number of hydrogen-bond acceptors (Lipinski definition) is 5. The molecule has 0 radical (unpaired) electrons. The number of ether oxygens (including phenoxy) is 1. The van der Waals surface area contributed by atoms with E-state index in [2.05, 4.69) is 4.90 Å². The van der Waals surface area contributed by atoms with Crippen LogP contribution < -0.4 is 11.2 Å². The molecule has 1 aliphatic heterocycles. The Kier molecular flexibility index (Phi) is 6.26. The van der Waals surface area contributed by atoms with Gasteiger partial charge in [-0.25, -0.2) is 0 Å². The summed E-state index contributed by atoms with van der Waals surface area (Å²) in [5, 5.41) is 0. The van der Waals surface area contributed by atoms with E-state index in [1.165, 1.54) is 32.0 Å². The monoisotopic (exact) mass is 383 g/mol. The number of primary amides is 1. The SMILES string of the molecule is CC(=O)O[C@@H](c1ccccc1)c1cc(=O)c(C(N)=O)cn1CCN1CCCC1. The fraction of sp³-hybridized carbons (Fsp3) is 0.381. The van der Waals surface area contributed by atoms with Gasteiger partial charge >= 0.3 is 5.97 Å². The van der Waals surface area contributed by atoms with Crippen molar-refractivity contribution in [3.63, 3.8) is 0 Å². The first-order valence-electron chi connectivity index (χ1n) is 9.44. The van der Waals surface area contributed by atoms with E-state index in [4.69, 9.17) is 10.5 Å². The molecule has 7 heteroatoms. The van der Waals surface area contributed by atoms with Crippen LogP contribution in [-0.2, 0) is 16.1 Å². The molecular formula is C21H25N3O4. The van der Waals surface area contributed by atoms with Crippen LogP contribution in [0.1, 0.15) is 47.5 Å². The van der Waals surface area contributed by atoms with Gasteiger partial charge in [0, 0.05) is 32.3 Å². The zero-order valence-electron chi connectivity index (χ0n) is 16.0. The standard InChI is InChI=1S/C21H25N3O4/c1-15(25)28-20(16-7-3-2-4-8-16)18-13-19(26)17(21(22)27)14-24(18)12-11-23-9-5-6-10-23/h2-4,7-8,13-14,20H,5-6,9-12H2,1H3,(H2,22,27)/t20-/m0/s1. The van der Waals surface area contributed by atoms with Gasteiger partial charge in [0.25, 0.3) is 5.91 Å². The van der Waals surface area contributed by atoms with E-state index in [1.807, 2.05) is 30.3 Å². The number of esters is 1. The molecule has 1 aromatic carbocycles. The van der Waals surface area contributed by atoms with E-state index in [0.717, 1.165) is 25.2 Å². The second kappa shape index (κ2) is 8.84. The maximum Gasteiger partial charge on any atom is 0.303 e. The predicted molar refractivity (Wildman–Crippen MR) is 105 cm³/mol. The van der Waals surface area contributed by atoms with Crippen molar-refractivity contribution in [2.24, 2.45) is 5.73 Å². The second-order valence-electron chi connectivity index (χ2n) is 6.98. The molecule has 1 aliphatic rings. The van der Waals surface area contributed by atoms with Crippen LogP contribution in [0.3, 0.4) is 0 Å². The Labute approximate surface area is 163 Å². The molecule has 1 amide bonds. The average molecular weight is 383 g/mol. The van der Waals surface area contributed by atoms with Crippen LogP contribution in [0.5, 0.6) is 0 Å². The summed E-state index contributed by atoms with van der Waals surface area (Å²) in [6.45, 7) is 4.73. The first kappa shape index (κ1) is 19.8. The Hall–Kier alpha value is -2.93. The predicted octanol–water partition coefficient (Wildman–Crippen LogP) is 1.70. The number of hydrogen-bond donors (Lipinski definition) is 1. The van der Waals surface area contributed by atoms with Crippen molar-refractivity contribution in [2.45, 2.75) is 32.4 Å². The van der Waals surface area contributed by atoms with E-state index >= 15 is 0 Å². The van der Waals surface area contributed by atoms with E-state index in [1.54, 1.807) is 4.57 Å². The molecule has 7 nitrogen and oxygen atoms in total. The summed E-state index contributed by atoms with van der Waals surface area (Å²) >= 11 is 0. The highest BCUT2D eigenvalue weighted by Crippen LogP contribution is 2.26. The summed E-state index contributed by atoms with van der Waals surface area (Å²) in [4.78, 5) is 38.2. The lowest BCUT2D eigenvalue weighted by atomic mass is 10.0. The molecule has 28 heavy (non-hydrogen) atoms. The molecule has 2 N–H and O–H groups in total. The average Bonchev–Trinajstić information content (AvgIpc) is 3.19. The highest BCUT2D eigenvalue weighted by atomic mass is 16.5. The summed E-state index contributed by atoms with van der Waals surface area (Å²) in [6, 6.07) is 10.6. The number of rotatable bonds is 7. The fourth-order valence-corrected chi connectivity index (χ4v) is 3.54. The van der Waals surface area contributed by atoms with Crippen molar-refractivity contribution >= 4 is 11.9 Å². The molecule has 0 unspecified atom stereocenters. The molecule has 148 valence electrons. The van der Waals surface area contributed by atoms with Gasteiger partial charge in [0.2, 0.25) is 0 Å². The van der Waals surface area contributed by atoms with Crippen molar-refractivity contribution < 1.29 is 14.3 Å². The number of carbonyl (C=O) groups excluding carboxylic acids is 2. The van der Waals surface area contributed by atoms with Crippen molar-refractivity contribution in [1.82, 2.24) is 9.47 Å². The summed E-state index contributed by atoms with van der Waals surface area (Å²) in [5.74, 6) is -1.22. The van der Waals surface area contributed by atoms with Crippen LogP contribution in [0.25, 0.3) is 0 Å². The Morgan fingerprint density at radius 2 is 1.82 bits per heavy atom. The third-order valence-electron chi connectivity index (χ3n) is 4.94. The Balaban J connectivity index is 2.04. The number of nitrogens with two attached hydrogens (primary N) is 1. The zero-order valence-corrected chi connectivity index (χ0v) is 16.0. The number of benzene rings is 1. The van der Waals surface area contributed by atoms with Gasteiger partial charge in [-0.2, -0.15) is 0 Å². The normalized spacial score (nSPS) is 15.3. The third kappa shape index (κ3) is 4.67. The lowest BCUT2D eigenvalue weighted by Crippen LogP contribution is -2.30. The molecule has 2 heterocycles. The number of nitrogens with zero attached hydrogens (tertiary/aromatic N) is 2. The van der Waals surface area contributed by atoms with Crippen LogP contribution in [0.4, 0.5) is 0 Å². The number of likely N-dealkylation sites (tertiary alicyclic amines) is 1. The molecule has 1 fully saturated rings. The Morgan fingerprint density at radius 1 is 1.14 bits per heavy atom. The molecule has 0 bridgehead atoms. The van der Waals surface area contributed by atoms with Gasteiger partial charge in [0.1, 0.15) is 5.56 Å². The van der Waals surface area contributed by atoms with E-state index < -0.39 is 23.4 Å². The summed E-state index contributed by atoms with van der Waals surface area (Å²) < 4.78 is 7.37. The molecule has 1 atom stereocenters. The summed E-state index contributed by atoms with van der Waals surface area (Å²) in [5.41, 5.74) is 6.10. The van der Waals surface area contributed by atoms with Gasteiger partial charge in [-0.15, -0.1) is 0 Å². The number of aromatic nitrogens is 1. The molecule has 1 saturated heterocycles. The minimum atomic E-state index is -0.768. The molecule has 0 spiro atoms. The summed E-state index contributed by atoms with van der Waals surface area (Å²) in [7, 11) is 0. The van der Waals surface area contributed by atoms with Crippen LogP contribution in [0.2, 0.25) is 0 Å². The lowest BCUT2D eigenvalue weighted by molar-refractivity contribution is -0.145. The molecular weight excluding hydrogens is 358 g/mol. The van der Waals surface area contributed by atoms with Crippen molar-refractivity contribution in [1.29, 1.82) is 0 Å². The van der Waals surface area contributed by atoms with Gasteiger partial charge in [0.05, 0.1) is 5.69 Å². The maximum atomic E-state index is 12.5. The van der Waals surface area contributed by atoms with Gasteiger partial charge in [-0.1, -0.05) is 30.3 Å². The van der Waals surface area contributed by atoms with Crippen LogP contribution in [0, 0.1) is 0 Å².